The van der Waals surface area contributed by atoms with Crippen molar-refractivity contribution in [2.24, 2.45) is 0 Å². The van der Waals surface area contributed by atoms with Gasteiger partial charge in [-0.3, -0.25) is 0 Å². The zero-order valence-electron chi connectivity index (χ0n) is 6.10. The van der Waals surface area contributed by atoms with E-state index >= 15 is 0 Å². The molecule has 13 heavy (non-hydrogen) atoms. The van der Waals surface area contributed by atoms with Crippen LogP contribution in [0.3, 0.4) is 0 Å². The average molecular weight is 196 g/mol. The summed E-state index contributed by atoms with van der Waals surface area (Å²) < 4.78 is 51.8. The van der Waals surface area contributed by atoms with Crippen LogP contribution in [0.25, 0.3) is 0 Å². The van der Waals surface area contributed by atoms with Crippen LogP contribution in [0.4, 0.5) is 17.6 Å². The van der Waals surface area contributed by atoms with Gasteiger partial charge in [0.25, 0.3) is 0 Å². The van der Waals surface area contributed by atoms with E-state index in [-0.39, 0.29) is 0 Å². The third kappa shape index (κ3) is 2.24. The third-order valence-corrected chi connectivity index (χ3v) is 1.22. The molecular formula is C7H4F4O2. The normalized spacial score (nSPS) is 10.5. The summed E-state index contributed by atoms with van der Waals surface area (Å²) in [5.41, 5.74) is 0. The number of hydrogen-bond acceptors (Lipinski definition) is 2. The van der Waals surface area contributed by atoms with Crippen molar-refractivity contribution in [3.05, 3.63) is 23.8 Å². The fourth-order valence-corrected chi connectivity index (χ4v) is 0.713. The molecular weight excluding hydrogens is 192 g/mol. The zero-order chi connectivity index (χ0) is 10.0. The smallest absolute Gasteiger partial charge is 0.387 e. The van der Waals surface area contributed by atoms with Crippen molar-refractivity contribution in [2.75, 3.05) is 0 Å². The van der Waals surface area contributed by atoms with E-state index in [9.17, 15) is 17.6 Å². The first kappa shape index (κ1) is 9.63. The lowest BCUT2D eigenvalue weighted by Gasteiger charge is -2.05. The molecule has 1 aromatic carbocycles. The van der Waals surface area contributed by atoms with Crippen LogP contribution >= 0.6 is 0 Å². The molecule has 0 spiro atoms. The summed E-state index contributed by atoms with van der Waals surface area (Å²) in [4.78, 5) is 0. The van der Waals surface area contributed by atoms with Gasteiger partial charge in [0.2, 0.25) is 0 Å². The van der Waals surface area contributed by atoms with E-state index in [2.05, 4.69) is 4.74 Å². The number of phenols is 1. The van der Waals surface area contributed by atoms with Gasteiger partial charge in [0.1, 0.15) is 5.75 Å². The van der Waals surface area contributed by atoms with Gasteiger partial charge >= 0.3 is 6.61 Å². The zero-order valence-corrected chi connectivity index (χ0v) is 6.10. The molecule has 0 aliphatic carbocycles. The number of halogens is 4. The first-order chi connectivity index (χ1) is 6.00. The van der Waals surface area contributed by atoms with Crippen LogP contribution in [0.15, 0.2) is 12.1 Å². The minimum atomic E-state index is -3.16. The van der Waals surface area contributed by atoms with E-state index in [1.54, 1.807) is 0 Å². The maximum atomic E-state index is 12.5. The van der Waals surface area contributed by atoms with Gasteiger partial charge < -0.3 is 9.84 Å². The number of rotatable bonds is 2. The van der Waals surface area contributed by atoms with Crippen LogP contribution in [0.2, 0.25) is 0 Å². The Kier molecular flexibility index (Phi) is 2.60. The van der Waals surface area contributed by atoms with Crippen LogP contribution in [0, 0.1) is 11.6 Å². The number of phenolic OH excluding ortho intramolecular Hbond substituents is 1. The van der Waals surface area contributed by atoms with Gasteiger partial charge in [-0.1, -0.05) is 0 Å². The van der Waals surface area contributed by atoms with Gasteiger partial charge in [0.05, 0.1) is 0 Å². The first-order valence-corrected chi connectivity index (χ1v) is 3.13. The lowest BCUT2D eigenvalue weighted by atomic mass is 10.3. The van der Waals surface area contributed by atoms with Gasteiger partial charge in [-0.15, -0.1) is 0 Å². The van der Waals surface area contributed by atoms with Crippen LogP contribution in [0.1, 0.15) is 0 Å². The van der Waals surface area contributed by atoms with Gasteiger partial charge in [-0.25, -0.2) is 8.78 Å². The summed E-state index contributed by atoms with van der Waals surface area (Å²) in [6.07, 6.45) is 0. The minimum absolute atomic E-state index is 0.463. The fourth-order valence-electron chi connectivity index (χ4n) is 0.713. The Bertz CT molecular complexity index is 290. The molecule has 0 heterocycles. The number of aromatic hydroxyl groups is 1. The number of hydrogen-bond donors (Lipinski definition) is 1. The summed E-state index contributed by atoms with van der Waals surface area (Å²) in [7, 11) is 0. The third-order valence-electron chi connectivity index (χ3n) is 1.22. The Hall–Kier alpha value is -1.46. The molecule has 0 saturated carbocycles. The molecule has 0 amide bonds. The molecule has 0 aromatic heterocycles. The Morgan fingerprint density at radius 1 is 1.15 bits per heavy atom. The Balaban J connectivity index is 2.99. The maximum Gasteiger partial charge on any atom is 0.387 e. The molecule has 6 heteroatoms. The molecule has 1 rings (SSSR count). The quantitative estimate of drug-likeness (QED) is 0.735. The van der Waals surface area contributed by atoms with E-state index in [4.69, 9.17) is 5.11 Å². The fraction of sp³-hybridized carbons (Fsp3) is 0.143. The largest absolute Gasteiger partial charge is 0.503 e. The number of ether oxygens (including phenoxy) is 1. The van der Waals surface area contributed by atoms with E-state index < -0.39 is 29.7 Å². The van der Waals surface area contributed by atoms with Crippen LogP contribution in [-0.4, -0.2) is 11.7 Å². The standard InChI is InChI=1S/C7H4F4O2/c8-4-1-3(13-7(10)11)2-5(9)6(4)12/h1-2,7,12H. The average Bonchev–Trinajstić information content (AvgIpc) is 1.98. The maximum absolute atomic E-state index is 12.5. The van der Waals surface area contributed by atoms with E-state index in [1.807, 2.05) is 0 Å². The Morgan fingerprint density at radius 2 is 1.62 bits per heavy atom. The molecule has 0 radical (unpaired) electrons. The number of alkyl halides is 2. The molecule has 2 nitrogen and oxygen atoms in total. The Labute approximate surface area is 70.4 Å². The molecule has 1 N–H and O–H groups in total. The summed E-state index contributed by atoms with van der Waals surface area (Å²) in [6.45, 7) is -3.16. The van der Waals surface area contributed by atoms with Gasteiger partial charge in [0.15, 0.2) is 17.4 Å². The van der Waals surface area contributed by atoms with Crippen molar-refractivity contribution in [3.63, 3.8) is 0 Å². The second-order valence-corrected chi connectivity index (χ2v) is 2.11. The van der Waals surface area contributed by atoms with Crippen molar-refractivity contribution < 1.29 is 27.4 Å². The molecule has 0 bridgehead atoms. The van der Waals surface area contributed by atoms with Gasteiger partial charge in [-0.2, -0.15) is 8.78 Å². The predicted octanol–water partition coefficient (Wildman–Crippen LogP) is 2.27. The first-order valence-electron chi connectivity index (χ1n) is 3.13. The summed E-state index contributed by atoms with van der Waals surface area (Å²) in [5, 5.41) is 8.57. The summed E-state index contributed by atoms with van der Waals surface area (Å²) in [5.74, 6) is -4.60. The molecule has 0 aliphatic rings. The topological polar surface area (TPSA) is 29.5 Å². The van der Waals surface area contributed by atoms with E-state index in [0.29, 0.717) is 12.1 Å². The summed E-state index contributed by atoms with van der Waals surface area (Å²) >= 11 is 0. The highest BCUT2D eigenvalue weighted by molar-refractivity contribution is 5.33. The van der Waals surface area contributed by atoms with Crippen molar-refractivity contribution in [1.29, 1.82) is 0 Å². The molecule has 1 aromatic rings. The summed E-state index contributed by atoms with van der Waals surface area (Å²) in [6, 6.07) is 0.926. The highest BCUT2D eigenvalue weighted by Gasteiger charge is 2.12. The van der Waals surface area contributed by atoms with Crippen LogP contribution in [-0.2, 0) is 0 Å². The van der Waals surface area contributed by atoms with Crippen LogP contribution < -0.4 is 4.74 Å². The van der Waals surface area contributed by atoms with E-state index in [1.165, 1.54) is 0 Å². The molecule has 0 unspecified atom stereocenters. The minimum Gasteiger partial charge on any atom is -0.503 e. The SMILES string of the molecule is Oc1c(F)cc(OC(F)F)cc1F. The second kappa shape index (κ2) is 3.51. The lowest BCUT2D eigenvalue weighted by Crippen LogP contribution is -2.02. The molecule has 0 fully saturated rings. The molecule has 0 atom stereocenters. The highest BCUT2D eigenvalue weighted by Crippen LogP contribution is 2.26. The molecule has 72 valence electrons. The van der Waals surface area contributed by atoms with Crippen LogP contribution in [0.5, 0.6) is 11.5 Å². The second-order valence-electron chi connectivity index (χ2n) is 2.11. The molecule has 0 aliphatic heterocycles. The number of benzene rings is 1. The lowest BCUT2D eigenvalue weighted by molar-refractivity contribution is -0.0502. The van der Waals surface area contributed by atoms with Crippen molar-refractivity contribution in [1.82, 2.24) is 0 Å². The van der Waals surface area contributed by atoms with Gasteiger partial charge in [-0.05, 0) is 0 Å². The van der Waals surface area contributed by atoms with Crippen molar-refractivity contribution in [2.45, 2.75) is 6.61 Å². The molecule has 0 saturated heterocycles. The van der Waals surface area contributed by atoms with Crippen molar-refractivity contribution >= 4 is 0 Å². The van der Waals surface area contributed by atoms with Gasteiger partial charge in [0, 0.05) is 12.1 Å². The predicted molar refractivity (Wildman–Crippen MR) is 34.7 cm³/mol. The van der Waals surface area contributed by atoms with Crippen molar-refractivity contribution in [3.8, 4) is 11.5 Å². The van der Waals surface area contributed by atoms with E-state index in [0.717, 1.165) is 0 Å². The highest BCUT2D eigenvalue weighted by atomic mass is 19.3. The Morgan fingerprint density at radius 3 is 2.00 bits per heavy atom. The monoisotopic (exact) mass is 196 g/mol.